The molecule has 134 valence electrons. The first-order valence-electron chi connectivity index (χ1n) is 9.18. The maximum atomic E-state index is 6.10. The number of nitrogens with zero attached hydrogens (tertiary/aromatic N) is 3. The Kier molecular flexibility index (Phi) is 3.83. The highest BCUT2D eigenvalue weighted by Crippen LogP contribution is 2.34. The molecule has 1 aromatic carbocycles. The van der Waals surface area contributed by atoms with Crippen molar-refractivity contribution >= 4 is 16.7 Å². The van der Waals surface area contributed by atoms with Crippen LogP contribution in [0.3, 0.4) is 0 Å². The van der Waals surface area contributed by atoms with Gasteiger partial charge in [-0.05, 0) is 43.1 Å². The van der Waals surface area contributed by atoms with E-state index in [0.29, 0.717) is 11.9 Å². The first-order valence-corrected chi connectivity index (χ1v) is 9.18. The van der Waals surface area contributed by atoms with Crippen molar-refractivity contribution < 1.29 is 0 Å². The summed E-state index contributed by atoms with van der Waals surface area (Å²) in [6.45, 7) is 1.06. The normalized spacial score (nSPS) is 16.8. The summed E-state index contributed by atoms with van der Waals surface area (Å²) >= 11 is 0. The molecular formula is C21H20N6. The number of aromatic nitrogens is 4. The lowest BCUT2D eigenvalue weighted by atomic mass is 9.97. The van der Waals surface area contributed by atoms with Gasteiger partial charge in [0.1, 0.15) is 5.82 Å². The van der Waals surface area contributed by atoms with Gasteiger partial charge in [0.25, 0.3) is 0 Å². The number of aromatic amines is 1. The van der Waals surface area contributed by atoms with Crippen molar-refractivity contribution in [3.8, 4) is 22.4 Å². The van der Waals surface area contributed by atoms with E-state index in [-0.39, 0.29) is 0 Å². The molecule has 1 atom stereocenters. The Hall–Kier alpha value is -3.25. The second kappa shape index (κ2) is 6.48. The number of fused-ring (bicyclic) bond motifs is 1. The van der Waals surface area contributed by atoms with Crippen molar-refractivity contribution in [2.45, 2.75) is 18.9 Å². The summed E-state index contributed by atoms with van der Waals surface area (Å²) < 4.78 is 0. The Morgan fingerprint density at radius 1 is 1.07 bits per heavy atom. The second-order valence-electron chi connectivity index (χ2n) is 6.91. The fourth-order valence-corrected chi connectivity index (χ4v) is 3.83. The van der Waals surface area contributed by atoms with Crippen molar-refractivity contribution in [2.75, 3.05) is 12.3 Å². The summed E-state index contributed by atoms with van der Waals surface area (Å²) in [4.78, 5) is 9.30. The van der Waals surface area contributed by atoms with Gasteiger partial charge in [0.05, 0.1) is 17.4 Å². The summed E-state index contributed by atoms with van der Waals surface area (Å²) in [5.74, 6) is 0.485. The summed E-state index contributed by atoms with van der Waals surface area (Å²) in [7, 11) is 0. The van der Waals surface area contributed by atoms with E-state index in [9.17, 15) is 0 Å². The zero-order valence-electron chi connectivity index (χ0n) is 14.8. The molecule has 1 aliphatic heterocycles. The maximum Gasteiger partial charge on any atom is 0.131 e. The highest BCUT2D eigenvalue weighted by atomic mass is 15.1. The number of nitrogen functional groups attached to an aromatic ring is 1. The molecule has 0 amide bonds. The molecule has 4 N–H and O–H groups in total. The van der Waals surface area contributed by atoms with Gasteiger partial charge in [0.2, 0.25) is 0 Å². The fourth-order valence-electron chi connectivity index (χ4n) is 3.83. The predicted molar refractivity (Wildman–Crippen MR) is 107 cm³/mol. The van der Waals surface area contributed by atoms with Gasteiger partial charge in [-0.1, -0.05) is 18.2 Å². The van der Waals surface area contributed by atoms with E-state index >= 15 is 0 Å². The number of pyridine rings is 2. The maximum absolute atomic E-state index is 6.10. The second-order valence-corrected chi connectivity index (χ2v) is 6.91. The molecule has 6 nitrogen and oxygen atoms in total. The smallest absolute Gasteiger partial charge is 0.131 e. The van der Waals surface area contributed by atoms with E-state index in [2.05, 4.69) is 44.8 Å². The quantitative estimate of drug-likeness (QED) is 0.520. The average molecular weight is 356 g/mol. The standard InChI is InChI=1S/C21H20N6/c22-21-16(14-11-25-26-12-14)8-13(10-24-21)20-9-17(18-6-3-7-23-18)15-4-1-2-5-19(15)27-20/h1-2,4-5,8-12,18,23H,3,6-7H2,(H2,22,24)(H,25,26)/t18-/m1/s1. The van der Waals surface area contributed by atoms with Gasteiger partial charge in [-0.3, -0.25) is 5.10 Å². The molecule has 5 rings (SSSR count). The summed E-state index contributed by atoms with van der Waals surface area (Å²) in [5.41, 5.74) is 12.0. The van der Waals surface area contributed by atoms with Gasteiger partial charge in [-0.25, -0.2) is 9.97 Å². The Balaban J connectivity index is 1.68. The molecule has 4 aromatic rings. The zero-order valence-corrected chi connectivity index (χ0v) is 14.8. The first-order chi connectivity index (χ1) is 13.3. The molecule has 0 bridgehead atoms. The van der Waals surface area contributed by atoms with E-state index < -0.39 is 0 Å². The van der Waals surface area contributed by atoms with Crippen LogP contribution >= 0.6 is 0 Å². The van der Waals surface area contributed by atoms with Crippen LogP contribution in [0.2, 0.25) is 0 Å². The summed E-state index contributed by atoms with van der Waals surface area (Å²) in [5, 5.41) is 11.7. The third-order valence-corrected chi connectivity index (χ3v) is 5.21. The molecule has 4 heterocycles. The SMILES string of the molecule is Nc1ncc(-c2cc([C@H]3CCCN3)c3ccccc3n2)cc1-c1cn[nH]c1. The van der Waals surface area contributed by atoms with Gasteiger partial charge < -0.3 is 11.1 Å². The minimum atomic E-state index is 0.367. The largest absolute Gasteiger partial charge is 0.383 e. The summed E-state index contributed by atoms with van der Waals surface area (Å²) in [6.07, 6.45) is 7.71. The van der Waals surface area contributed by atoms with E-state index in [0.717, 1.165) is 40.9 Å². The Labute approximate surface area is 156 Å². The van der Waals surface area contributed by atoms with Crippen LogP contribution in [0.1, 0.15) is 24.4 Å². The zero-order chi connectivity index (χ0) is 18.2. The number of H-pyrrole nitrogens is 1. The topological polar surface area (TPSA) is 92.5 Å². The third kappa shape index (κ3) is 2.84. The van der Waals surface area contributed by atoms with Crippen LogP contribution < -0.4 is 11.1 Å². The van der Waals surface area contributed by atoms with Crippen LogP contribution in [-0.4, -0.2) is 26.7 Å². The fraction of sp³-hybridized carbons (Fsp3) is 0.190. The van der Waals surface area contributed by atoms with E-state index in [1.165, 1.54) is 17.4 Å². The van der Waals surface area contributed by atoms with Crippen LogP contribution in [0.5, 0.6) is 0 Å². The third-order valence-electron chi connectivity index (χ3n) is 5.21. The van der Waals surface area contributed by atoms with Crippen molar-refractivity contribution in [2.24, 2.45) is 0 Å². The molecular weight excluding hydrogens is 336 g/mol. The lowest BCUT2D eigenvalue weighted by molar-refractivity contribution is 0.652. The van der Waals surface area contributed by atoms with E-state index in [4.69, 9.17) is 10.7 Å². The number of anilines is 1. The number of para-hydroxylation sites is 1. The summed E-state index contributed by atoms with van der Waals surface area (Å²) in [6, 6.07) is 12.9. The molecule has 0 radical (unpaired) electrons. The molecule has 0 saturated carbocycles. The van der Waals surface area contributed by atoms with Crippen molar-refractivity contribution in [3.05, 3.63) is 60.6 Å². The van der Waals surface area contributed by atoms with Gasteiger partial charge in [0.15, 0.2) is 0 Å². The molecule has 1 aliphatic rings. The minimum absolute atomic E-state index is 0.367. The van der Waals surface area contributed by atoms with Crippen LogP contribution in [0, 0.1) is 0 Å². The molecule has 27 heavy (non-hydrogen) atoms. The van der Waals surface area contributed by atoms with Gasteiger partial charge >= 0.3 is 0 Å². The van der Waals surface area contributed by atoms with Crippen LogP contribution in [0.4, 0.5) is 5.82 Å². The Morgan fingerprint density at radius 3 is 2.81 bits per heavy atom. The monoisotopic (exact) mass is 356 g/mol. The predicted octanol–water partition coefficient (Wildman–Crippen LogP) is 3.69. The van der Waals surface area contributed by atoms with E-state index in [1.807, 2.05) is 18.3 Å². The van der Waals surface area contributed by atoms with Crippen molar-refractivity contribution in [3.63, 3.8) is 0 Å². The molecule has 0 spiro atoms. The molecule has 1 saturated heterocycles. The highest BCUT2D eigenvalue weighted by molar-refractivity contribution is 5.86. The number of hydrogen-bond acceptors (Lipinski definition) is 5. The lowest BCUT2D eigenvalue weighted by Crippen LogP contribution is -2.13. The number of hydrogen-bond donors (Lipinski definition) is 3. The van der Waals surface area contributed by atoms with Crippen LogP contribution in [0.15, 0.2) is 55.0 Å². The number of nitrogens with two attached hydrogens (primary N) is 1. The first kappa shape index (κ1) is 16.0. The number of benzene rings is 1. The van der Waals surface area contributed by atoms with Gasteiger partial charge in [0, 0.05) is 40.5 Å². The average Bonchev–Trinajstić information content (AvgIpc) is 3.41. The molecule has 3 aromatic heterocycles. The van der Waals surface area contributed by atoms with Gasteiger partial charge in [-0.2, -0.15) is 5.10 Å². The lowest BCUT2D eigenvalue weighted by Gasteiger charge is -2.16. The molecule has 1 fully saturated rings. The molecule has 6 heteroatoms. The highest BCUT2D eigenvalue weighted by Gasteiger charge is 2.20. The van der Waals surface area contributed by atoms with Crippen molar-refractivity contribution in [1.29, 1.82) is 0 Å². The van der Waals surface area contributed by atoms with Crippen molar-refractivity contribution in [1.82, 2.24) is 25.5 Å². The number of rotatable bonds is 3. The Bertz CT molecular complexity index is 1100. The van der Waals surface area contributed by atoms with E-state index in [1.54, 1.807) is 12.4 Å². The number of nitrogens with one attached hydrogen (secondary N) is 2. The molecule has 0 aliphatic carbocycles. The minimum Gasteiger partial charge on any atom is -0.383 e. The van der Waals surface area contributed by atoms with Crippen LogP contribution in [0.25, 0.3) is 33.3 Å². The molecule has 0 unspecified atom stereocenters. The van der Waals surface area contributed by atoms with Gasteiger partial charge in [-0.15, -0.1) is 0 Å². The van der Waals surface area contributed by atoms with Crippen LogP contribution in [-0.2, 0) is 0 Å². The Morgan fingerprint density at radius 2 is 2.00 bits per heavy atom.